The zero-order valence-electron chi connectivity index (χ0n) is 20.6. The van der Waals surface area contributed by atoms with Crippen molar-refractivity contribution in [3.8, 4) is 11.5 Å². The van der Waals surface area contributed by atoms with Crippen LogP contribution in [-0.2, 0) is 16.0 Å². The predicted molar refractivity (Wildman–Crippen MR) is 133 cm³/mol. The molecule has 0 aliphatic carbocycles. The third kappa shape index (κ3) is 6.87. The standard InChI is InChI=1S/C25H35N3O5S/c1-25(2,3)26-24(30)27(12-13-31-4)16-23(29)28-11-9-22-20(10-14-34-22)21(28)17-33-19-8-6-7-18(15-19)32-5/h6-8,10,14-15,21H,9,11-13,16-17H2,1-5H3,(H,26,30)/t21-/m0/s1. The third-order valence-corrected chi connectivity index (χ3v) is 6.52. The minimum Gasteiger partial charge on any atom is -0.497 e. The molecule has 2 aromatic rings. The predicted octanol–water partition coefficient (Wildman–Crippen LogP) is 3.72. The molecule has 0 unspecified atom stereocenters. The molecule has 0 radical (unpaired) electrons. The van der Waals surface area contributed by atoms with Gasteiger partial charge in [0.25, 0.3) is 0 Å². The van der Waals surface area contributed by atoms with Crippen molar-refractivity contribution in [2.75, 3.05) is 47.1 Å². The van der Waals surface area contributed by atoms with Gasteiger partial charge < -0.3 is 29.3 Å². The quantitative estimate of drug-likeness (QED) is 0.581. The maximum Gasteiger partial charge on any atom is 0.318 e. The summed E-state index contributed by atoms with van der Waals surface area (Å²) in [6, 6.07) is 8.97. The zero-order valence-corrected chi connectivity index (χ0v) is 21.4. The van der Waals surface area contributed by atoms with E-state index in [0.29, 0.717) is 37.8 Å². The van der Waals surface area contributed by atoms with E-state index in [1.807, 2.05) is 49.9 Å². The fourth-order valence-electron chi connectivity index (χ4n) is 3.85. The molecular formula is C25H35N3O5S. The average molecular weight is 490 g/mol. The second kappa shape index (κ2) is 11.6. The Bertz CT molecular complexity index is 971. The molecule has 0 spiro atoms. The number of hydrogen-bond donors (Lipinski definition) is 1. The van der Waals surface area contributed by atoms with Gasteiger partial charge in [0, 0.05) is 36.7 Å². The molecule has 1 N–H and O–H groups in total. The lowest BCUT2D eigenvalue weighted by molar-refractivity contribution is -0.135. The summed E-state index contributed by atoms with van der Waals surface area (Å²) in [5.41, 5.74) is 0.699. The molecule has 8 nitrogen and oxygen atoms in total. The van der Waals surface area contributed by atoms with Crippen molar-refractivity contribution in [3.63, 3.8) is 0 Å². The lowest BCUT2D eigenvalue weighted by atomic mass is 10.0. The Kier molecular flexibility index (Phi) is 8.79. The molecule has 1 aromatic heterocycles. The average Bonchev–Trinajstić information content (AvgIpc) is 3.28. The Morgan fingerprint density at radius 3 is 2.68 bits per heavy atom. The van der Waals surface area contributed by atoms with Crippen molar-refractivity contribution in [1.82, 2.24) is 15.1 Å². The van der Waals surface area contributed by atoms with E-state index in [4.69, 9.17) is 14.2 Å². The van der Waals surface area contributed by atoms with Crippen LogP contribution in [0.1, 0.15) is 37.3 Å². The molecule has 9 heteroatoms. The van der Waals surface area contributed by atoms with Gasteiger partial charge in [-0.2, -0.15) is 0 Å². The Hall–Kier alpha value is -2.78. The number of carbonyl (C=O) groups excluding carboxylic acids is 2. The molecule has 1 atom stereocenters. The van der Waals surface area contributed by atoms with Crippen LogP contribution in [0.2, 0.25) is 0 Å². The van der Waals surface area contributed by atoms with E-state index in [0.717, 1.165) is 12.0 Å². The van der Waals surface area contributed by atoms with Gasteiger partial charge in [-0.25, -0.2) is 4.79 Å². The molecule has 0 saturated carbocycles. The summed E-state index contributed by atoms with van der Waals surface area (Å²) in [6.07, 6.45) is 0.792. The molecule has 0 bridgehead atoms. The smallest absolute Gasteiger partial charge is 0.318 e. The summed E-state index contributed by atoms with van der Waals surface area (Å²) >= 11 is 1.70. The van der Waals surface area contributed by atoms with Gasteiger partial charge in [0.2, 0.25) is 5.91 Å². The summed E-state index contributed by atoms with van der Waals surface area (Å²) in [6.45, 7) is 7.28. The molecule has 3 amide bonds. The van der Waals surface area contributed by atoms with E-state index < -0.39 is 5.54 Å². The summed E-state index contributed by atoms with van der Waals surface area (Å²) < 4.78 is 16.5. The Morgan fingerprint density at radius 1 is 1.21 bits per heavy atom. The zero-order chi connectivity index (χ0) is 24.7. The first-order valence-corrected chi connectivity index (χ1v) is 12.3. The van der Waals surface area contributed by atoms with Crippen LogP contribution in [0.25, 0.3) is 0 Å². The van der Waals surface area contributed by atoms with E-state index in [-0.39, 0.29) is 24.5 Å². The molecule has 1 aliphatic rings. The number of amides is 3. The number of nitrogens with one attached hydrogen (secondary N) is 1. The number of urea groups is 1. The van der Waals surface area contributed by atoms with Crippen molar-refractivity contribution in [3.05, 3.63) is 46.2 Å². The second-order valence-corrected chi connectivity index (χ2v) is 10.2. The first-order chi connectivity index (χ1) is 16.2. The maximum atomic E-state index is 13.5. The monoisotopic (exact) mass is 489 g/mol. The normalized spacial score (nSPS) is 15.4. The fraction of sp³-hybridized carbons (Fsp3) is 0.520. The van der Waals surface area contributed by atoms with Crippen LogP contribution < -0.4 is 14.8 Å². The molecular weight excluding hydrogens is 454 g/mol. The van der Waals surface area contributed by atoms with Crippen molar-refractivity contribution >= 4 is 23.3 Å². The van der Waals surface area contributed by atoms with E-state index in [1.165, 1.54) is 9.78 Å². The Labute approximate surface area is 205 Å². The molecule has 34 heavy (non-hydrogen) atoms. The Balaban J connectivity index is 1.76. The highest BCUT2D eigenvalue weighted by Gasteiger charge is 2.34. The van der Waals surface area contributed by atoms with Gasteiger partial charge in [-0.1, -0.05) is 6.07 Å². The number of rotatable bonds is 9. The van der Waals surface area contributed by atoms with E-state index in [1.54, 1.807) is 25.6 Å². The fourth-order valence-corrected chi connectivity index (χ4v) is 4.78. The SMILES string of the molecule is COCCN(CC(=O)N1CCc2sccc2[C@@H]1COc1cccc(OC)c1)C(=O)NC(C)(C)C. The van der Waals surface area contributed by atoms with Gasteiger partial charge in [0.15, 0.2) is 0 Å². The van der Waals surface area contributed by atoms with Crippen LogP contribution in [0.4, 0.5) is 4.79 Å². The summed E-state index contributed by atoms with van der Waals surface area (Å²) in [5, 5.41) is 5.00. The van der Waals surface area contributed by atoms with Crippen LogP contribution in [0.5, 0.6) is 11.5 Å². The van der Waals surface area contributed by atoms with Crippen molar-refractivity contribution in [2.24, 2.45) is 0 Å². The third-order valence-electron chi connectivity index (χ3n) is 5.52. The molecule has 0 fully saturated rings. The molecule has 186 valence electrons. The van der Waals surface area contributed by atoms with Gasteiger partial charge in [-0.3, -0.25) is 4.79 Å². The number of fused-ring (bicyclic) bond motifs is 1. The topological polar surface area (TPSA) is 80.3 Å². The van der Waals surface area contributed by atoms with Gasteiger partial charge in [0.05, 0.1) is 19.8 Å². The molecule has 1 aromatic carbocycles. The van der Waals surface area contributed by atoms with Gasteiger partial charge in [0.1, 0.15) is 24.7 Å². The van der Waals surface area contributed by atoms with Crippen LogP contribution in [0, 0.1) is 0 Å². The minimum atomic E-state index is -0.407. The number of methoxy groups -OCH3 is 2. The molecule has 2 heterocycles. The largest absolute Gasteiger partial charge is 0.497 e. The maximum absolute atomic E-state index is 13.5. The van der Waals surface area contributed by atoms with Crippen LogP contribution in [0.3, 0.4) is 0 Å². The van der Waals surface area contributed by atoms with Crippen LogP contribution >= 0.6 is 11.3 Å². The van der Waals surface area contributed by atoms with Crippen LogP contribution in [-0.4, -0.2) is 74.3 Å². The highest BCUT2D eigenvalue weighted by Crippen LogP contribution is 2.34. The van der Waals surface area contributed by atoms with Crippen molar-refractivity contribution in [1.29, 1.82) is 0 Å². The van der Waals surface area contributed by atoms with Crippen molar-refractivity contribution < 1.29 is 23.8 Å². The first kappa shape index (κ1) is 25.8. The lowest BCUT2D eigenvalue weighted by Crippen LogP contribution is -2.53. The van der Waals surface area contributed by atoms with E-state index in [9.17, 15) is 9.59 Å². The molecule has 1 aliphatic heterocycles. The van der Waals surface area contributed by atoms with Crippen molar-refractivity contribution in [2.45, 2.75) is 38.8 Å². The highest BCUT2D eigenvalue weighted by atomic mass is 32.1. The summed E-state index contributed by atoms with van der Waals surface area (Å²) in [5.74, 6) is 1.28. The minimum absolute atomic E-state index is 0.0274. The van der Waals surface area contributed by atoms with Gasteiger partial charge >= 0.3 is 6.03 Å². The number of thiophene rings is 1. The van der Waals surface area contributed by atoms with Gasteiger partial charge in [-0.05, 0) is 56.3 Å². The number of benzene rings is 1. The summed E-state index contributed by atoms with van der Waals surface area (Å²) in [7, 11) is 3.19. The van der Waals surface area contributed by atoms with Crippen LogP contribution in [0.15, 0.2) is 35.7 Å². The summed E-state index contributed by atoms with van der Waals surface area (Å²) in [4.78, 5) is 30.9. The second-order valence-electron chi connectivity index (χ2n) is 9.24. The van der Waals surface area contributed by atoms with E-state index >= 15 is 0 Å². The Morgan fingerprint density at radius 2 is 1.97 bits per heavy atom. The highest BCUT2D eigenvalue weighted by molar-refractivity contribution is 7.10. The van der Waals surface area contributed by atoms with Gasteiger partial charge in [-0.15, -0.1) is 11.3 Å². The molecule has 0 saturated heterocycles. The molecule has 3 rings (SSSR count). The first-order valence-electron chi connectivity index (χ1n) is 11.4. The number of carbonyl (C=O) groups is 2. The number of ether oxygens (including phenoxy) is 3. The lowest BCUT2D eigenvalue weighted by Gasteiger charge is -2.37. The number of nitrogens with zero attached hydrogens (tertiary/aromatic N) is 2. The van der Waals surface area contributed by atoms with E-state index in [2.05, 4.69) is 16.8 Å². The number of hydrogen-bond acceptors (Lipinski definition) is 6.